The molecule has 0 fully saturated rings. The first kappa shape index (κ1) is 50.7. The molecule has 3 rings (SSSR count). The molecule has 58 heavy (non-hydrogen) atoms. The summed E-state index contributed by atoms with van der Waals surface area (Å²) >= 11 is 0. The van der Waals surface area contributed by atoms with Crippen molar-refractivity contribution in [2.45, 2.75) is 131 Å². The van der Waals surface area contributed by atoms with Gasteiger partial charge in [0, 0.05) is 44.8 Å². The average Bonchev–Trinajstić information content (AvgIpc) is 3.21. The van der Waals surface area contributed by atoms with Crippen molar-refractivity contribution in [1.82, 2.24) is 20.0 Å². The van der Waals surface area contributed by atoms with Gasteiger partial charge >= 0.3 is 12.4 Å². The van der Waals surface area contributed by atoms with E-state index in [1.165, 1.54) is 43.4 Å². The van der Waals surface area contributed by atoms with Gasteiger partial charge in [0.2, 0.25) is 0 Å². The number of benzene rings is 3. The number of unbranched alkanes of at least 4 members (excludes halogenated alkanes) is 5. The van der Waals surface area contributed by atoms with Crippen molar-refractivity contribution < 1.29 is 31.1 Å². The van der Waals surface area contributed by atoms with E-state index in [2.05, 4.69) is 49.7 Å². The van der Waals surface area contributed by atoms with Gasteiger partial charge in [-0.1, -0.05) is 103 Å². The second-order valence-corrected chi connectivity index (χ2v) is 15.2. The molecule has 11 heteroatoms. The molecule has 0 aromatic heterocycles. The predicted molar refractivity (Wildman–Crippen MR) is 227 cm³/mol. The standard InChI is InChI=1S/C29H41F3N2O.C18H29F3N2/c1-4-7-10-24-11-15-26(16-12-24)28(35)34(22-21-33(19-8-5-2)20-9-6-3)23-25-13-17-27(18-14-25)29(30,31)32;1-3-5-12-23(13-6-4-2)14-11-22-15-16-7-9-17(10-8-16)18(19,20)21/h11-18H,4-10,19-23H2,1-3H3;7-10,22H,3-6,11-15H2,1-2H3. The Labute approximate surface area is 345 Å². The molecule has 0 spiro atoms. The number of halogens is 6. The number of amides is 1. The van der Waals surface area contributed by atoms with E-state index >= 15 is 0 Å². The van der Waals surface area contributed by atoms with Crippen LogP contribution in [0.4, 0.5) is 26.3 Å². The van der Waals surface area contributed by atoms with E-state index < -0.39 is 23.5 Å². The van der Waals surface area contributed by atoms with Crippen molar-refractivity contribution in [2.24, 2.45) is 0 Å². The highest BCUT2D eigenvalue weighted by Crippen LogP contribution is 2.30. The first-order chi connectivity index (χ1) is 27.7. The Bertz CT molecular complexity index is 1480. The van der Waals surface area contributed by atoms with Gasteiger partial charge in [0.15, 0.2) is 0 Å². The zero-order chi connectivity index (χ0) is 42.8. The maximum atomic E-state index is 13.5. The Balaban J connectivity index is 0.000000437. The summed E-state index contributed by atoms with van der Waals surface area (Å²) in [6.45, 7) is 19.1. The fourth-order valence-electron chi connectivity index (χ4n) is 6.39. The Morgan fingerprint density at radius 3 is 1.34 bits per heavy atom. The molecule has 3 aromatic carbocycles. The Kier molecular flexibility index (Phi) is 24.6. The van der Waals surface area contributed by atoms with Crippen LogP contribution in [0.15, 0.2) is 72.8 Å². The van der Waals surface area contributed by atoms with Gasteiger partial charge in [-0.3, -0.25) is 4.79 Å². The van der Waals surface area contributed by atoms with Gasteiger partial charge in [0.1, 0.15) is 0 Å². The van der Waals surface area contributed by atoms with Gasteiger partial charge in [-0.2, -0.15) is 26.3 Å². The summed E-state index contributed by atoms with van der Waals surface area (Å²) < 4.78 is 76.4. The lowest BCUT2D eigenvalue weighted by Gasteiger charge is -2.28. The van der Waals surface area contributed by atoms with Crippen LogP contribution in [0.1, 0.15) is 137 Å². The number of aryl methyl sites for hydroxylation is 1. The lowest BCUT2D eigenvalue weighted by Crippen LogP contribution is -2.39. The van der Waals surface area contributed by atoms with Crippen LogP contribution in [0.25, 0.3) is 0 Å². The summed E-state index contributed by atoms with van der Waals surface area (Å²) in [5, 5.41) is 3.32. The van der Waals surface area contributed by atoms with Crippen LogP contribution in [-0.2, 0) is 31.9 Å². The van der Waals surface area contributed by atoms with Gasteiger partial charge in [-0.25, -0.2) is 0 Å². The minimum atomic E-state index is -4.37. The SMILES string of the molecule is CCCCN(CCCC)CCNCc1ccc(C(F)(F)F)cc1.CCCCc1ccc(C(=O)N(CCN(CCCC)CCCC)Cc2ccc(C(F)(F)F)cc2)cc1. The summed E-state index contributed by atoms with van der Waals surface area (Å²) in [6, 6.07) is 18.3. The number of hydrogen-bond donors (Lipinski definition) is 1. The molecule has 0 heterocycles. The molecule has 0 unspecified atom stereocenters. The van der Waals surface area contributed by atoms with Crippen LogP contribution in [0, 0.1) is 0 Å². The molecule has 0 radical (unpaired) electrons. The number of hydrogen-bond acceptors (Lipinski definition) is 4. The highest BCUT2D eigenvalue weighted by molar-refractivity contribution is 5.94. The molecule has 1 N–H and O–H groups in total. The molecular weight excluding hydrogens is 751 g/mol. The van der Waals surface area contributed by atoms with E-state index in [1.54, 1.807) is 17.0 Å². The van der Waals surface area contributed by atoms with Crippen LogP contribution in [0.3, 0.4) is 0 Å². The third-order valence-corrected chi connectivity index (χ3v) is 10.2. The largest absolute Gasteiger partial charge is 0.416 e. The topological polar surface area (TPSA) is 38.8 Å². The van der Waals surface area contributed by atoms with E-state index in [0.29, 0.717) is 24.2 Å². The number of nitrogens with one attached hydrogen (secondary N) is 1. The highest BCUT2D eigenvalue weighted by Gasteiger charge is 2.31. The maximum Gasteiger partial charge on any atom is 0.416 e. The molecule has 1 amide bonds. The molecule has 0 aliphatic rings. The van der Waals surface area contributed by atoms with E-state index in [-0.39, 0.29) is 12.5 Å². The first-order valence-electron chi connectivity index (χ1n) is 21.6. The first-order valence-corrected chi connectivity index (χ1v) is 21.6. The minimum absolute atomic E-state index is 0.0853. The molecule has 5 nitrogen and oxygen atoms in total. The number of alkyl halides is 6. The van der Waals surface area contributed by atoms with Gasteiger partial charge in [-0.15, -0.1) is 0 Å². The summed E-state index contributed by atoms with van der Waals surface area (Å²) in [7, 11) is 0. The zero-order valence-corrected chi connectivity index (χ0v) is 35.8. The summed E-state index contributed by atoms with van der Waals surface area (Å²) in [5.41, 5.74) is 2.14. The summed E-state index contributed by atoms with van der Waals surface area (Å²) in [5.74, 6) is -0.0853. The van der Waals surface area contributed by atoms with Crippen molar-refractivity contribution >= 4 is 5.91 Å². The van der Waals surface area contributed by atoms with Crippen LogP contribution < -0.4 is 5.32 Å². The Morgan fingerprint density at radius 1 is 0.500 bits per heavy atom. The quantitative estimate of drug-likeness (QED) is 0.0647. The fraction of sp³-hybridized carbons (Fsp3) is 0.596. The van der Waals surface area contributed by atoms with Crippen molar-refractivity contribution in [3.05, 3.63) is 106 Å². The number of carbonyl (C=O) groups is 1. The molecule has 0 aliphatic heterocycles. The number of nitrogens with zero attached hydrogens (tertiary/aromatic N) is 3. The molecule has 0 atom stereocenters. The predicted octanol–water partition coefficient (Wildman–Crippen LogP) is 12.3. The van der Waals surface area contributed by atoms with Crippen LogP contribution in [0.5, 0.6) is 0 Å². The highest BCUT2D eigenvalue weighted by atomic mass is 19.4. The van der Waals surface area contributed by atoms with Gasteiger partial charge in [-0.05, 0) is 118 Å². The van der Waals surface area contributed by atoms with E-state index in [0.717, 1.165) is 121 Å². The molecular formula is C47H70F6N4O. The second kappa shape index (κ2) is 28.1. The van der Waals surface area contributed by atoms with Gasteiger partial charge < -0.3 is 20.0 Å². The van der Waals surface area contributed by atoms with E-state index in [9.17, 15) is 31.1 Å². The molecule has 326 valence electrons. The molecule has 0 bridgehead atoms. The summed E-state index contributed by atoms with van der Waals surface area (Å²) in [4.78, 5) is 20.1. The molecule has 0 saturated heterocycles. The smallest absolute Gasteiger partial charge is 0.333 e. The third kappa shape index (κ3) is 20.5. The van der Waals surface area contributed by atoms with Crippen molar-refractivity contribution in [3.8, 4) is 0 Å². The Morgan fingerprint density at radius 2 is 0.914 bits per heavy atom. The van der Waals surface area contributed by atoms with Crippen molar-refractivity contribution in [2.75, 3.05) is 52.4 Å². The van der Waals surface area contributed by atoms with Crippen molar-refractivity contribution in [1.29, 1.82) is 0 Å². The lowest BCUT2D eigenvalue weighted by atomic mass is 10.1. The van der Waals surface area contributed by atoms with Gasteiger partial charge in [0.25, 0.3) is 5.91 Å². The van der Waals surface area contributed by atoms with Gasteiger partial charge in [0.05, 0.1) is 11.1 Å². The van der Waals surface area contributed by atoms with Crippen molar-refractivity contribution in [3.63, 3.8) is 0 Å². The normalized spacial score (nSPS) is 11.9. The van der Waals surface area contributed by atoms with E-state index in [4.69, 9.17) is 0 Å². The minimum Gasteiger partial charge on any atom is -0.333 e. The van der Waals surface area contributed by atoms with E-state index in [1.807, 2.05) is 24.3 Å². The third-order valence-electron chi connectivity index (χ3n) is 10.2. The fourth-order valence-corrected chi connectivity index (χ4v) is 6.39. The van der Waals surface area contributed by atoms with Crippen LogP contribution in [0.2, 0.25) is 0 Å². The average molecular weight is 821 g/mol. The molecule has 0 aliphatic carbocycles. The van der Waals surface area contributed by atoms with Crippen LogP contribution >= 0.6 is 0 Å². The molecule has 0 saturated carbocycles. The summed E-state index contributed by atoms with van der Waals surface area (Å²) in [6.07, 6.45) is 3.84. The number of rotatable bonds is 26. The van der Waals surface area contributed by atoms with Crippen LogP contribution in [-0.4, -0.2) is 73.0 Å². The second-order valence-electron chi connectivity index (χ2n) is 15.2. The lowest BCUT2D eigenvalue weighted by molar-refractivity contribution is -0.138. The Hall–Kier alpha value is -3.41. The molecule has 3 aromatic rings. The number of carbonyl (C=O) groups excluding carboxylic acids is 1. The monoisotopic (exact) mass is 821 g/mol. The zero-order valence-electron chi connectivity index (χ0n) is 35.8. The maximum absolute atomic E-state index is 13.5.